The third-order valence-electron chi connectivity index (χ3n) is 2.54. The molecule has 2 aromatic rings. The van der Waals surface area contributed by atoms with Crippen LogP contribution in [0.4, 0.5) is 5.69 Å². The lowest BCUT2D eigenvalue weighted by Gasteiger charge is -2.07. The molecule has 0 saturated heterocycles. The summed E-state index contributed by atoms with van der Waals surface area (Å²) in [4.78, 5) is 13.1. The monoisotopic (exact) mass is 351 g/mol. The standard InChI is InChI=1S/C15H14BrNO2S/c16-14-7-6-11(17)10-13(14)15(18)19-8-9-20-12-4-2-1-3-5-12/h1-7,10H,8-9,17H2. The van der Waals surface area contributed by atoms with Crippen LogP contribution in [0.1, 0.15) is 10.4 Å². The molecule has 0 spiro atoms. The highest BCUT2D eigenvalue weighted by atomic mass is 79.9. The Morgan fingerprint density at radius 3 is 2.70 bits per heavy atom. The maximum atomic E-state index is 11.9. The van der Waals surface area contributed by atoms with E-state index < -0.39 is 0 Å². The van der Waals surface area contributed by atoms with Crippen LogP contribution in [0.15, 0.2) is 57.9 Å². The molecule has 0 radical (unpaired) electrons. The van der Waals surface area contributed by atoms with Crippen LogP contribution in [0, 0.1) is 0 Å². The highest BCUT2D eigenvalue weighted by Gasteiger charge is 2.11. The van der Waals surface area contributed by atoms with E-state index in [1.54, 1.807) is 30.0 Å². The largest absolute Gasteiger partial charge is 0.461 e. The predicted molar refractivity (Wildman–Crippen MR) is 86.0 cm³/mol. The van der Waals surface area contributed by atoms with Crippen molar-refractivity contribution in [2.45, 2.75) is 4.90 Å². The molecule has 0 aromatic heterocycles. The minimum Gasteiger partial charge on any atom is -0.461 e. The third-order valence-corrected chi connectivity index (χ3v) is 4.21. The number of hydrogen-bond acceptors (Lipinski definition) is 4. The second kappa shape index (κ2) is 7.36. The number of carbonyl (C=O) groups excluding carboxylic acids is 1. The van der Waals surface area contributed by atoms with E-state index in [1.807, 2.05) is 30.3 Å². The fourth-order valence-electron chi connectivity index (χ4n) is 1.59. The molecule has 2 aromatic carbocycles. The maximum absolute atomic E-state index is 11.9. The second-order valence-corrected chi connectivity index (χ2v) is 6.06. The zero-order chi connectivity index (χ0) is 14.4. The van der Waals surface area contributed by atoms with Crippen molar-refractivity contribution < 1.29 is 9.53 Å². The Morgan fingerprint density at radius 1 is 1.20 bits per heavy atom. The van der Waals surface area contributed by atoms with Crippen molar-refractivity contribution in [2.75, 3.05) is 18.1 Å². The summed E-state index contributed by atoms with van der Waals surface area (Å²) in [5.41, 5.74) is 6.66. The van der Waals surface area contributed by atoms with E-state index in [0.29, 0.717) is 22.3 Å². The molecule has 2 rings (SSSR count). The average Bonchev–Trinajstić information content (AvgIpc) is 2.47. The van der Waals surface area contributed by atoms with Gasteiger partial charge in [0.15, 0.2) is 0 Å². The molecule has 0 fully saturated rings. The number of hydrogen-bond donors (Lipinski definition) is 1. The zero-order valence-corrected chi connectivity index (χ0v) is 13.1. The lowest BCUT2D eigenvalue weighted by atomic mass is 10.2. The number of esters is 1. The van der Waals surface area contributed by atoms with Crippen molar-refractivity contribution in [1.82, 2.24) is 0 Å². The van der Waals surface area contributed by atoms with E-state index in [9.17, 15) is 4.79 Å². The summed E-state index contributed by atoms with van der Waals surface area (Å²) < 4.78 is 5.93. The molecule has 0 bridgehead atoms. The summed E-state index contributed by atoms with van der Waals surface area (Å²) in [6.45, 7) is 0.361. The highest BCUT2D eigenvalue weighted by Crippen LogP contribution is 2.21. The fourth-order valence-corrected chi connectivity index (χ4v) is 2.75. The molecule has 20 heavy (non-hydrogen) atoms. The van der Waals surface area contributed by atoms with Gasteiger partial charge in [0, 0.05) is 20.8 Å². The molecule has 5 heteroatoms. The third kappa shape index (κ3) is 4.28. The molecule has 0 aliphatic heterocycles. The SMILES string of the molecule is Nc1ccc(Br)c(C(=O)OCCSc2ccccc2)c1. The molecule has 0 saturated carbocycles. The number of thioether (sulfide) groups is 1. The fraction of sp³-hybridized carbons (Fsp3) is 0.133. The van der Waals surface area contributed by atoms with Crippen molar-refractivity contribution in [1.29, 1.82) is 0 Å². The lowest BCUT2D eigenvalue weighted by molar-refractivity contribution is 0.0529. The number of halogens is 1. The van der Waals surface area contributed by atoms with Crippen molar-refractivity contribution in [3.05, 3.63) is 58.6 Å². The Morgan fingerprint density at radius 2 is 1.95 bits per heavy atom. The summed E-state index contributed by atoms with van der Waals surface area (Å²) in [7, 11) is 0. The van der Waals surface area contributed by atoms with Gasteiger partial charge in [0.2, 0.25) is 0 Å². The van der Waals surface area contributed by atoms with Crippen molar-refractivity contribution >= 4 is 39.3 Å². The van der Waals surface area contributed by atoms with Gasteiger partial charge in [-0.3, -0.25) is 0 Å². The van der Waals surface area contributed by atoms with Crippen LogP contribution in [0.2, 0.25) is 0 Å². The number of nitrogens with two attached hydrogens (primary N) is 1. The summed E-state index contributed by atoms with van der Waals surface area (Å²) in [5.74, 6) is 0.355. The molecular weight excluding hydrogens is 338 g/mol. The van der Waals surface area contributed by atoms with E-state index in [2.05, 4.69) is 15.9 Å². The van der Waals surface area contributed by atoms with Crippen molar-refractivity contribution in [3.63, 3.8) is 0 Å². The first-order valence-corrected chi connectivity index (χ1v) is 7.84. The summed E-state index contributed by atoms with van der Waals surface area (Å²) in [5, 5.41) is 0. The van der Waals surface area contributed by atoms with Crippen LogP contribution >= 0.6 is 27.7 Å². The predicted octanol–water partition coefficient (Wildman–Crippen LogP) is 3.98. The zero-order valence-electron chi connectivity index (χ0n) is 10.7. The smallest absolute Gasteiger partial charge is 0.339 e. The van der Waals surface area contributed by atoms with Gasteiger partial charge in [-0.15, -0.1) is 11.8 Å². The van der Waals surface area contributed by atoms with Gasteiger partial charge < -0.3 is 10.5 Å². The van der Waals surface area contributed by atoms with Gasteiger partial charge in [-0.2, -0.15) is 0 Å². The molecule has 0 aliphatic carbocycles. The van der Waals surface area contributed by atoms with Gasteiger partial charge in [0.1, 0.15) is 6.61 Å². The quantitative estimate of drug-likeness (QED) is 0.383. The first-order valence-electron chi connectivity index (χ1n) is 6.07. The summed E-state index contributed by atoms with van der Waals surface area (Å²) in [6, 6.07) is 15.1. The first kappa shape index (κ1) is 14.9. The lowest BCUT2D eigenvalue weighted by Crippen LogP contribution is -2.09. The van der Waals surface area contributed by atoms with Gasteiger partial charge in [0.25, 0.3) is 0 Å². The molecule has 0 amide bonds. The van der Waals surface area contributed by atoms with Crippen molar-refractivity contribution in [3.8, 4) is 0 Å². The number of ether oxygens (including phenoxy) is 1. The number of rotatable bonds is 5. The van der Waals surface area contributed by atoms with E-state index in [-0.39, 0.29) is 5.97 Å². The molecule has 104 valence electrons. The van der Waals surface area contributed by atoms with Gasteiger partial charge in [-0.1, -0.05) is 18.2 Å². The van der Waals surface area contributed by atoms with Gasteiger partial charge >= 0.3 is 5.97 Å². The van der Waals surface area contributed by atoms with Crippen LogP contribution in [-0.4, -0.2) is 18.3 Å². The van der Waals surface area contributed by atoms with Gasteiger partial charge in [-0.05, 0) is 46.3 Å². The highest BCUT2D eigenvalue weighted by molar-refractivity contribution is 9.10. The first-order chi connectivity index (χ1) is 9.66. The van der Waals surface area contributed by atoms with Crippen LogP contribution in [-0.2, 0) is 4.74 Å². The number of anilines is 1. The molecular formula is C15H14BrNO2S. The Labute approximate surface area is 130 Å². The minimum atomic E-state index is -0.363. The normalized spacial score (nSPS) is 10.2. The van der Waals surface area contributed by atoms with Crippen molar-refractivity contribution in [2.24, 2.45) is 0 Å². The van der Waals surface area contributed by atoms with Crippen LogP contribution in [0.5, 0.6) is 0 Å². The Bertz CT molecular complexity index is 590. The van der Waals surface area contributed by atoms with Crippen LogP contribution in [0.3, 0.4) is 0 Å². The number of benzene rings is 2. The van der Waals surface area contributed by atoms with Crippen LogP contribution < -0.4 is 5.73 Å². The van der Waals surface area contributed by atoms with Gasteiger partial charge in [0.05, 0.1) is 5.56 Å². The van der Waals surface area contributed by atoms with E-state index in [0.717, 1.165) is 10.6 Å². The Hall–Kier alpha value is -1.46. The summed E-state index contributed by atoms with van der Waals surface area (Å²) >= 11 is 4.97. The Balaban J connectivity index is 1.82. The molecule has 0 aliphatic rings. The second-order valence-electron chi connectivity index (χ2n) is 4.04. The maximum Gasteiger partial charge on any atom is 0.339 e. The summed E-state index contributed by atoms with van der Waals surface area (Å²) in [6.07, 6.45) is 0. The van der Waals surface area contributed by atoms with E-state index in [1.165, 1.54) is 0 Å². The number of nitrogen functional groups attached to an aromatic ring is 1. The molecule has 0 atom stereocenters. The molecule has 2 N–H and O–H groups in total. The molecule has 0 unspecified atom stereocenters. The topological polar surface area (TPSA) is 52.3 Å². The van der Waals surface area contributed by atoms with E-state index >= 15 is 0 Å². The Kier molecular flexibility index (Phi) is 5.49. The molecule has 3 nitrogen and oxygen atoms in total. The average molecular weight is 352 g/mol. The minimum absolute atomic E-state index is 0.361. The van der Waals surface area contributed by atoms with E-state index in [4.69, 9.17) is 10.5 Å². The van der Waals surface area contributed by atoms with Crippen LogP contribution in [0.25, 0.3) is 0 Å². The molecule has 0 heterocycles. The number of carbonyl (C=O) groups is 1. The van der Waals surface area contributed by atoms with Gasteiger partial charge in [-0.25, -0.2) is 4.79 Å².